The molecule has 1 unspecified atom stereocenters. The zero-order chi connectivity index (χ0) is 17.1. The lowest BCUT2D eigenvalue weighted by molar-refractivity contribution is 0.249. The van der Waals surface area contributed by atoms with Gasteiger partial charge in [0.1, 0.15) is 22.7 Å². The van der Waals surface area contributed by atoms with Crippen molar-refractivity contribution in [1.82, 2.24) is 14.9 Å². The van der Waals surface area contributed by atoms with Crippen LogP contribution in [0.4, 0.5) is 5.82 Å². The molecule has 4 rings (SSSR count). The second-order valence-corrected chi connectivity index (χ2v) is 7.14. The summed E-state index contributed by atoms with van der Waals surface area (Å²) in [6.07, 6.45) is 4.15. The summed E-state index contributed by atoms with van der Waals surface area (Å²) in [7, 11) is 1.74. The van der Waals surface area contributed by atoms with Crippen molar-refractivity contribution >= 4 is 27.4 Å². The van der Waals surface area contributed by atoms with E-state index in [2.05, 4.69) is 43.8 Å². The van der Waals surface area contributed by atoms with Crippen molar-refractivity contribution in [1.29, 1.82) is 0 Å². The van der Waals surface area contributed by atoms with Crippen molar-refractivity contribution in [2.75, 3.05) is 32.1 Å². The number of hydrogen-bond donors (Lipinski definition) is 1. The number of ether oxygens (including phenoxy) is 1. The maximum atomic E-state index is 5.62. The van der Waals surface area contributed by atoms with Crippen LogP contribution in [0.15, 0.2) is 42.0 Å². The lowest BCUT2D eigenvalue weighted by Crippen LogP contribution is -2.31. The number of rotatable bonds is 6. The molecular weight excluding hydrogens is 332 g/mol. The fourth-order valence-corrected chi connectivity index (χ4v) is 4.29. The van der Waals surface area contributed by atoms with Gasteiger partial charge in [0, 0.05) is 12.1 Å². The summed E-state index contributed by atoms with van der Waals surface area (Å²) in [5, 5.41) is 6.71. The van der Waals surface area contributed by atoms with E-state index >= 15 is 0 Å². The predicted octanol–water partition coefficient (Wildman–Crippen LogP) is 3.95. The zero-order valence-electron chi connectivity index (χ0n) is 14.3. The first-order valence-corrected chi connectivity index (χ1v) is 9.54. The van der Waals surface area contributed by atoms with E-state index in [1.165, 1.54) is 18.4 Å². The van der Waals surface area contributed by atoms with Gasteiger partial charge in [-0.05, 0) is 43.4 Å². The third kappa shape index (κ3) is 3.32. The van der Waals surface area contributed by atoms with Crippen molar-refractivity contribution in [2.24, 2.45) is 0 Å². The van der Waals surface area contributed by atoms with Gasteiger partial charge in [0.25, 0.3) is 0 Å². The number of hydrogen-bond acceptors (Lipinski definition) is 6. The Hall–Kier alpha value is -2.18. The molecule has 1 saturated heterocycles. The highest BCUT2D eigenvalue weighted by Gasteiger charge is 2.26. The maximum Gasteiger partial charge on any atom is 0.138 e. The molecule has 2 aromatic heterocycles. The van der Waals surface area contributed by atoms with Crippen LogP contribution in [0.25, 0.3) is 10.2 Å². The van der Waals surface area contributed by atoms with Gasteiger partial charge in [0.05, 0.1) is 18.5 Å². The molecule has 0 bridgehead atoms. The number of nitrogens with zero attached hydrogens (tertiary/aromatic N) is 3. The number of nitrogens with one attached hydrogen (secondary N) is 1. The average Bonchev–Trinajstić information content (AvgIpc) is 3.34. The number of anilines is 1. The largest absolute Gasteiger partial charge is 0.496 e. The van der Waals surface area contributed by atoms with Crippen LogP contribution in [0.1, 0.15) is 24.4 Å². The van der Waals surface area contributed by atoms with Crippen LogP contribution in [-0.4, -0.2) is 41.6 Å². The Labute approximate surface area is 151 Å². The Bertz CT molecular complexity index is 844. The summed E-state index contributed by atoms with van der Waals surface area (Å²) in [5.41, 5.74) is 1.23. The average molecular weight is 354 g/mol. The van der Waals surface area contributed by atoms with E-state index in [0.29, 0.717) is 0 Å². The first-order valence-electron chi connectivity index (χ1n) is 8.66. The molecule has 0 radical (unpaired) electrons. The van der Waals surface area contributed by atoms with E-state index in [9.17, 15) is 0 Å². The van der Waals surface area contributed by atoms with Crippen LogP contribution >= 0.6 is 11.3 Å². The van der Waals surface area contributed by atoms with E-state index in [1.807, 2.05) is 12.1 Å². The molecule has 0 saturated carbocycles. The standard InChI is InChI=1S/C19H22N4OS/c1-24-17-7-3-2-6-14(17)16(23-9-4-5-10-23)12-20-18-15-8-11-25-19(15)22-13-21-18/h2-3,6-8,11,13,16H,4-5,9-10,12H2,1H3,(H,20,21,22). The van der Waals surface area contributed by atoms with Gasteiger partial charge in [0.2, 0.25) is 0 Å². The van der Waals surface area contributed by atoms with E-state index in [0.717, 1.165) is 41.4 Å². The van der Waals surface area contributed by atoms with Crippen LogP contribution in [0, 0.1) is 0 Å². The molecule has 1 aliphatic rings. The Morgan fingerprint density at radius 3 is 2.88 bits per heavy atom. The fourth-order valence-electron chi connectivity index (χ4n) is 3.56. The summed E-state index contributed by atoms with van der Waals surface area (Å²) in [5.74, 6) is 1.86. The number of aromatic nitrogens is 2. The molecule has 1 aliphatic heterocycles. The Morgan fingerprint density at radius 1 is 1.20 bits per heavy atom. The highest BCUT2D eigenvalue weighted by atomic mass is 32.1. The van der Waals surface area contributed by atoms with Gasteiger partial charge >= 0.3 is 0 Å². The molecule has 5 nitrogen and oxygen atoms in total. The van der Waals surface area contributed by atoms with Crippen LogP contribution in [0.2, 0.25) is 0 Å². The van der Waals surface area contributed by atoms with Crippen molar-refractivity contribution in [3.05, 3.63) is 47.6 Å². The fraction of sp³-hybridized carbons (Fsp3) is 0.368. The minimum absolute atomic E-state index is 0.266. The minimum Gasteiger partial charge on any atom is -0.496 e. The highest BCUT2D eigenvalue weighted by Crippen LogP contribution is 2.32. The number of fused-ring (bicyclic) bond motifs is 1. The summed E-state index contributed by atoms with van der Waals surface area (Å²) in [6, 6.07) is 10.7. The highest BCUT2D eigenvalue weighted by molar-refractivity contribution is 7.16. The quantitative estimate of drug-likeness (QED) is 0.726. The summed E-state index contributed by atoms with van der Waals surface area (Å²) < 4.78 is 5.62. The van der Waals surface area contributed by atoms with Crippen molar-refractivity contribution in [2.45, 2.75) is 18.9 Å². The molecule has 0 aliphatic carbocycles. The Morgan fingerprint density at radius 2 is 2.04 bits per heavy atom. The Balaban J connectivity index is 1.61. The molecule has 6 heteroatoms. The lowest BCUT2D eigenvalue weighted by atomic mass is 10.0. The van der Waals surface area contributed by atoms with E-state index in [-0.39, 0.29) is 6.04 Å². The summed E-state index contributed by atoms with van der Waals surface area (Å²) >= 11 is 1.64. The number of likely N-dealkylation sites (tertiary alicyclic amines) is 1. The maximum absolute atomic E-state index is 5.62. The van der Waals surface area contributed by atoms with Crippen LogP contribution < -0.4 is 10.1 Å². The second-order valence-electron chi connectivity index (χ2n) is 6.24. The third-order valence-electron chi connectivity index (χ3n) is 4.80. The zero-order valence-corrected chi connectivity index (χ0v) is 15.1. The molecule has 1 N–H and O–H groups in total. The molecule has 0 spiro atoms. The van der Waals surface area contributed by atoms with Gasteiger partial charge < -0.3 is 10.1 Å². The number of benzene rings is 1. The molecule has 25 heavy (non-hydrogen) atoms. The SMILES string of the molecule is COc1ccccc1C(CNc1ncnc2sccc12)N1CCCC1. The van der Waals surface area contributed by atoms with E-state index < -0.39 is 0 Å². The van der Waals surface area contributed by atoms with E-state index in [1.54, 1.807) is 24.8 Å². The third-order valence-corrected chi connectivity index (χ3v) is 5.62. The second kappa shape index (κ2) is 7.37. The minimum atomic E-state index is 0.266. The van der Waals surface area contributed by atoms with E-state index in [4.69, 9.17) is 4.74 Å². The van der Waals surface area contributed by atoms with Gasteiger partial charge in [-0.25, -0.2) is 9.97 Å². The van der Waals surface area contributed by atoms with Crippen molar-refractivity contribution in [3.63, 3.8) is 0 Å². The van der Waals surface area contributed by atoms with Gasteiger partial charge in [-0.3, -0.25) is 4.90 Å². The summed E-state index contributed by atoms with van der Waals surface area (Å²) in [6.45, 7) is 3.05. The molecule has 130 valence electrons. The molecule has 0 amide bonds. The molecule has 1 fully saturated rings. The number of methoxy groups -OCH3 is 1. The Kier molecular flexibility index (Phi) is 4.81. The first-order chi connectivity index (χ1) is 12.4. The van der Waals surface area contributed by atoms with Gasteiger partial charge in [-0.1, -0.05) is 18.2 Å². The van der Waals surface area contributed by atoms with Gasteiger partial charge in [-0.15, -0.1) is 11.3 Å². The van der Waals surface area contributed by atoms with Crippen molar-refractivity contribution in [3.8, 4) is 5.75 Å². The smallest absolute Gasteiger partial charge is 0.138 e. The number of para-hydroxylation sites is 1. The van der Waals surface area contributed by atoms with Crippen molar-refractivity contribution < 1.29 is 4.74 Å². The predicted molar refractivity (Wildman–Crippen MR) is 102 cm³/mol. The number of thiophene rings is 1. The molecule has 1 aromatic carbocycles. The van der Waals surface area contributed by atoms with Gasteiger partial charge in [0.15, 0.2) is 0 Å². The molecule has 3 aromatic rings. The summed E-state index contributed by atoms with van der Waals surface area (Å²) in [4.78, 5) is 12.3. The van der Waals surface area contributed by atoms with Crippen LogP contribution in [0.5, 0.6) is 5.75 Å². The first kappa shape index (κ1) is 16.3. The normalized spacial score (nSPS) is 16.2. The monoisotopic (exact) mass is 354 g/mol. The topological polar surface area (TPSA) is 50.3 Å². The molecular formula is C19H22N4OS. The molecule has 3 heterocycles. The van der Waals surface area contributed by atoms with Crippen LogP contribution in [-0.2, 0) is 0 Å². The molecule has 1 atom stereocenters. The van der Waals surface area contributed by atoms with Gasteiger partial charge in [-0.2, -0.15) is 0 Å². The van der Waals surface area contributed by atoms with Crippen LogP contribution in [0.3, 0.4) is 0 Å². The lowest BCUT2D eigenvalue weighted by Gasteiger charge is -2.29.